The first-order valence-corrected chi connectivity index (χ1v) is 6.94. The summed E-state index contributed by atoms with van der Waals surface area (Å²) in [5.41, 5.74) is 1.17. The van der Waals surface area contributed by atoms with Gasteiger partial charge in [-0.3, -0.25) is 4.79 Å². The lowest BCUT2D eigenvalue weighted by Crippen LogP contribution is -2.24. The molecule has 5 heteroatoms. The number of nitriles is 1. The molecule has 0 radical (unpaired) electrons. The van der Waals surface area contributed by atoms with Crippen molar-refractivity contribution < 1.29 is 19.1 Å². The molecule has 0 unspecified atom stereocenters. The summed E-state index contributed by atoms with van der Waals surface area (Å²) < 4.78 is 10.2. The molecule has 0 fully saturated rings. The summed E-state index contributed by atoms with van der Waals surface area (Å²) in [6, 6.07) is 14.6. The van der Waals surface area contributed by atoms with Crippen LogP contribution in [-0.4, -0.2) is 25.0 Å². The Morgan fingerprint density at radius 2 is 1.57 bits per heavy atom. The minimum atomic E-state index is -0.911. The molecule has 2 aromatic carbocycles. The minimum absolute atomic E-state index is 0.290. The number of hydrogen-bond donors (Lipinski definition) is 0. The summed E-state index contributed by atoms with van der Waals surface area (Å²) in [6.45, 7) is 1.52. The maximum Gasteiger partial charge on any atom is 0.338 e. The van der Waals surface area contributed by atoms with Gasteiger partial charge in [0.15, 0.2) is 6.10 Å². The third-order valence-corrected chi connectivity index (χ3v) is 3.28. The lowest BCUT2D eigenvalue weighted by Gasteiger charge is -2.12. The molecule has 0 aliphatic heterocycles. The van der Waals surface area contributed by atoms with Crippen LogP contribution < -0.4 is 4.74 Å². The Hall–Kier alpha value is -3.13. The van der Waals surface area contributed by atoms with E-state index in [0.29, 0.717) is 22.4 Å². The highest BCUT2D eigenvalue weighted by atomic mass is 16.5. The van der Waals surface area contributed by atoms with Gasteiger partial charge in [0.05, 0.1) is 24.3 Å². The largest absolute Gasteiger partial charge is 0.497 e. The molecule has 5 nitrogen and oxygen atoms in total. The second-order valence-electron chi connectivity index (χ2n) is 4.83. The highest BCUT2D eigenvalue weighted by Crippen LogP contribution is 2.15. The Morgan fingerprint density at radius 3 is 2.09 bits per heavy atom. The van der Waals surface area contributed by atoms with Gasteiger partial charge in [-0.25, -0.2) is 4.79 Å². The van der Waals surface area contributed by atoms with E-state index in [9.17, 15) is 9.59 Å². The number of nitrogens with zero attached hydrogens (tertiary/aromatic N) is 1. The molecule has 1 atom stereocenters. The summed E-state index contributed by atoms with van der Waals surface area (Å²) in [7, 11) is 1.54. The molecular formula is C18H15NO4. The van der Waals surface area contributed by atoms with Gasteiger partial charge in [-0.1, -0.05) is 0 Å². The maximum atomic E-state index is 12.3. The number of hydrogen-bond acceptors (Lipinski definition) is 5. The maximum absolute atomic E-state index is 12.3. The van der Waals surface area contributed by atoms with E-state index >= 15 is 0 Å². The highest BCUT2D eigenvalue weighted by molar-refractivity contribution is 6.01. The molecule has 0 spiro atoms. The predicted octanol–water partition coefficient (Wildman–Crippen LogP) is 3.00. The van der Waals surface area contributed by atoms with E-state index in [4.69, 9.17) is 14.7 Å². The molecule has 2 rings (SSSR count). The number of carbonyl (C=O) groups is 2. The molecule has 23 heavy (non-hydrogen) atoms. The zero-order chi connectivity index (χ0) is 16.8. The molecule has 0 aromatic heterocycles. The first kappa shape index (κ1) is 16.2. The minimum Gasteiger partial charge on any atom is -0.497 e. The van der Waals surface area contributed by atoms with Crippen LogP contribution in [-0.2, 0) is 4.74 Å². The average Bonchev–Trinajstić information content (AvgIpc) is 2.61. The van der Waals surface area contributed by atoms with Crippen LogP contribution in [0.3, 0.4) is 0 Å². The third kappa shape index (κ3) is 3.95. The summed E-state index contributed by atoms with van der Waals surface area (Å²) in [5.74, 6) is -0.262. The number of carbonyl (C=O) groups excluding carboxylic acids is 2. The predicted molar refractivity (Wildman–Crippen MR) is 83.4 cm³/mol. The van der Waals surface area contributed by atoms with E-state index in [-0.39, 0.29) is 5.78 Å². The fraction of sp³-hybridized carbons (Fsp3) is 0.167. The van der Waals surface area contributed by atoms with Crippen LogP contribution in [0.2, 0.25) is 0 Å². The SMILES string of the molecule is COc1ccc(C(=O)[C@H](C)OC(=O)c2ccc(C#N)cc2)cc1. The molecule has 0 bridgehead atoms. The number of Topliss-reactive ketones (excluding diaryl/α,β-unsaturated/α-hetero) is 1. The molecule has 0 saturated carbocycles. The summed E-state index contributed by atoms with van der Waals surface area (Å²) in [5, 5.41) is 8.73. The van der Waals surface area contributed by atoms with Crippen LogP contribution in [0.5, 0.6) is 5.75 Å². The number of methoxy groups -OCH3 is 1. The number of ketones is 1. The monoisotopic (exact) mass is 309 g/mol. The Balaban J connectivity index is 2.04. The summed E-state index contributed by atoms with van der Waals surface area (Å²) in [4.78, 5) is 24.3. The molecule has 0 N–H and O–H groups in total. The van der Waals surface area contributed by atoms with Crippen molar-refractivity contribution in [3.05, 3.63) is 65.2 Å². The van der Waals surface area contributed by atoms with Crippen molar-refractivity contribution in [2.75, 3.05) is 7.11 Å². The number of rotatable bonds is 5. The first-order valence-electron chi connectivity index (χ1n) is 6.94. The zero-order valence-electron chi connectivity index (χ0n) is 12.8. The van der Waals surface area contributed by atoms with Crippen LogP contribution in [0.15, 0.2) is 48.5 Å². The van der Waals surface area contributed by atoms with E-state index in [1.807, 2.05) is 6.07 Å². The lowest BCUT2D eigenvalue weighted by atomic mass is 10.1. The Labute approximate surface area is 134 Å². The smallest absolute Gasteiger partial charge is 0.338 e. The van der Waals surface area contributed by atoms with Crippen molar-refractivity contribution in [2.24, 2.45) is 0 Å². The van der Waals surface area contributed by atoms with Crippen molar-refractivity contribution >= 4 is 11.8 Å². The second kappa shape index (κ2) is 7.23. The lowest BCUT2D eigenvalue weighted by molar-refractivity contribution is 0.0319. The van der Waals surface area contributed by atoms with Gasteiger partial charge in [0, 0.05) is 5.56 Å². The van der Waals surface area contributed by atoms with E-state index in [0.717, 1.165) is 0 Å². The van der Waals surface area contributed by atoms with Gasteiger partial charge in [-0.05, 0) is 55.5 Å². The van der Waals surface area contributed by atoms with Gasteiger partial charge in [-0.2, -0.15) is 5.26 Å². The van der Waals surface area contributed by atoms with Crippen LogP contribution in [0.1, 0.15) is 33.2 Å². The Morgan fingerprint density at radius 1 is 1.00 bits per heavy atom. The fourth-order valence-corrected chi connectivity index (χ4v) is 1.95. The summed E-state index contributed by atoms with van der Waals surface area (Å²) >= 11 is 0. The molecule has 0 amide bonds. The quantitative estimate of drug-likeness (QED) is 0.627. The molecule has 0 aliphatic rings. The van der Waals surface area contributed by atoms with Gasteiger partial charge in [0.25, 0.3) is 0 Å². The van der Waals surface area contributed by atoms with Crippen LogP contribution in [0.4, 0.5) is 0 Å². The van der Waals surface area contributed by atoms with E-state index in [1.54, 1.807) is 31.4 Å². The van der Waals surface area contributed by atoms with Crippen LogP contribution in [0.25, 0.3) is 0 Å². The Kier molecular flexibility index (Phi) is 5.11. The zero-order valence-corrected chi connectivity index (χ0v) is 12.8. The van der Waals surface area contributed by atoms with Crippen molar-refractivity contribution in [3.8, 4) is 11.8 Å². The van der Waals surface area contributed by atoms with Crippen molar-refractivity contribution in [1.82, 2.24) is 0 Å². The van der Waals surface area contributed by atoms with Crippen molar-refractivity contribution in [2.45, 2.75) is 13.0 Å². The molecule has 0 heterocycles. The topological polar surface area (TPSA) is 76.4 Å². The molecule has 2 aromatic rings. The van der Waals surface area contributed by atoms with Crippen LogP contribution >= 0.6 is 0 Å². The molecular weight excluding hydrogens is 294 g/mol. The fourth-order valence-electron chi connectivity index (χ4n) is 1.95. The number of esters is 1. The standard InChI is InChI=1S/C18H15NO4/c1-12(17(20)14-7-9-16(22-2)10-8-14)23-18(21)15-5-3-13(11-19)4-6-15/h3-10,12H,1-2H3/t12-/m0/s1. The van der Waals surface area contributed by atoms with Gasteiger partial charge in [0.1, 0.15) is 5.75 Å². The second-order valence-corrected chi connectivity index (χ2v) is 4.83. The van der Waals surface area contributed by atoms with Crippen LogP contribution in [0, 0.1) is 11.3 Å². The highest BCUT2D eigenvalue weighted by Gasteiger charge is 2.20. The summed E-state index contributed by atoms with van der Waals surface area (Å²) in [6.07, 6.45) is -0.911. The van der Waals surface area contributed by atoms with Crippen molar-refractivity contribution in [1.29, 1.82) is 5.26 Å². The van der Waals surface area contributed by atoms with E-state index in [1.165, 1.54) is 31.2 Å². The normalized spacial score (nSPS) is 11.2. The molecule has 0 saturated heterocycles. The van der Waals surface area contributed by atoms with Crippen molar-refractivity contribution in [3.63, 3.8) is 0 Å². The van der Waals surface area contributed by atoms with E-state index in [2.05, 4.69) is 0 Å². The van der Waals surface area contributed by atoms with E-state index < -0.39 is 12.1 Å². The Bertz CT molecular complexity index is 742. The number of benzene rings is 2. The van der Waals surface area contributed by atoms with Gasteiger partial charge < -0.3 is 9.47 Å². The number of ether oxygens (including phenoxy) is 2. The van der Waals surface area contributed by atoms with Gasteiger partial charge >= 0.3 is 5.97 Å². The average molecular weight is 309 g/mol. The van der Waals surface area contributed by atoms with Gasteiger partial charge in [0.2, 0.25) is 5.78 Å². The van der Waals surface area contributed by atoms with Gasteiger partial charge in [-0.15, -0.1) is 0 Å². The molecule has 116 valence electrons. The molecule has 0 aliphatic carbocycles. The first-order chi connectivity index (χ1) is 11.0. The third-order valence-electron chi connectivity index (χ3n) is 3.28.